The lowest BCUT2D eigenvalue weighted by Gasteiger charge is -2.15. The van der Waals surface area contributed by atoms with Crippen LogP contribution in [-0.2, 0) is 4.74 Å². The van der Waals surface area contributed by atoms with Crippen LogP contribution in [0, 0.1) is 0 Å². The Morgan fingerprint density at radius 3 is 2.65 bits per heavy atom. The molecule has 1 aromatic carbocycles. The molecule has 0 spiro atoms. The van der Waals surface area contributed by atoms with Gasteiger partial charge in [0.15, 0.2) is 12.6 Å². The number of hydrogen-bond donors (Lipinski definition) is 2. The second kappa shape index (κ2) is 7.52. The number of halogens is 1. The molecule has 0 saturated heterocycles. The second-order valence-electron chi connectivity index (χ2n) is 5.61. The highest BCUT2D eigenvalue weighted by molar-refractivity contribution is 6.76. The highest BCUT2D eigenvalue weighted by Crippen LogP contribution is 2.22. The van der Waals surface area contributed by atoms with Gasteiger partial charge in [-0.1, -0.05) is 36.4 Å². The van der Waals surface area contributed by atoms with Gasteiger partial charge in [-0.05, 0) is 24.2 Å². The van der Waals surface area contributed by atoms with Crippen LogP contribution in [0.5, 0.6) is 5.75 Å². The van der Waals surface area contributed by atoms with E-state index in [-0.39, 0.29) is 12.6 Å². The molecule has 1 aromatic rings. The van der Waals surface area contributed by atoms with Crippen LogP contribution in [0.1, 0.15) is 5.56 Å². The zero-order valence-corrected chi connectivity index (χ0v) is 13.8. The molecule has 5 nitrogen and oxygen atoms in total. The van der Waals surface area contributed by atoms with Crippen LogP contribution < -0.4 is 10.5 Å². The minimum Gasteiger partial charge on any atom is -0.468 e. The fourth-order valence-electron chi connectivity index (χ4n) is 1.39. The van der Waals surface area contributed by atoms with Crippen molar-refractivity contribution < 1.29 is 14.7 Å². The van der Waals surface area contributed by atoms with Crippen LogP contribution in [0.3, 0.4) is 0 Å². The van der Waals surface area contributed by atoms with E-state index >= 15 is 0 Å². The number of hydrogen-bond acceptors (Lipinski definition) is 4. The first-order valence-electron chi connectivity index (χ1n) is 6.31. The maximum Gasteiger partial charge on any atom is 0.189 e. The van der Waals surface area contributed by atoms with Crippen molar-refractivity contribution in [1.29, 1.82) is 0 Å². The second-order valence-corrected chi connectivity index (χ2v) is 11.6. The third-order valence-corrected chi connectivity index (χ3v) is 4.65. The first-order valence-corrected chi connectivity index (χ1v) is 10.4. The van der Waals surface area contributed by atoms with Gasteiger partial charge in [-0.2, -0.15) is 0 Å². The highest BCUT2D eigenvalue weighted by Gasteiger charge is 2.12. The standard InChI is InChI=1S/C13H21ClN2O3Si/c1-20(2,3)7-6-18-9-19-10-4-5-11(12(14)8-10)13(15)16-17/h4-5,8,17H,6-7,9H2,1-3H3,(H2,15,16). The average Bonchev–Trinajstić information content (AvgIpc) is 2.36. The summed E-state index contributed by atoms with van der Waals surface area (Å²) in [6.07, 6.45) is 0. The Bertz CT molecular complexity index is 475. The molecule has 20 heavy (non-hydrogen) atoms. The van der Waals surface area contributed by atoms with Crippen LogP contribution in [0.4, 0.5) is 0 Å². The zero-order valence-electron chi connectivity index (χ0n) is 12.0. The summed E-state index contributed by atoms with van der Waals surface area (Å²) in [4.78, 5) is 0. The van der Waals surface area contributed by atoms with E-state index in [1.165, 1.54) is 0 Å². The van der Waals surface area contributed by atoms with Gasteiger partial charge in [0.1, 0.15) is 5.75 Å². The molecule has 0 aliphatic carbocycles. The van der Waals surface area contributed by atoms with Crippen molar-refractivity contribution in [3.63, 3.8) is 0 Å². The molecular weight excluding hydrogens is 296 g/mol. The molecule has 0 atom stereocenters. The Labute approximate surface area is 125 Å². The van der Waals surface area contributed by atoms with Gasteiger partial charge >= 0.3 is 0 Å². The molecule has 0 bridgehead atoms. The molecular formula is C13H21ClN2O3Si. The van der Waals surface area contributed by atoms with Gasteiger partial charge < -0.3 is 20.4 Å². The van der Waals surface area contributed by atoms with E-state index in [0.717, 1.165) is 6.04 Å². The van der Waals surface area contributed by atoms with E-state index < -0.39 is 8.07 Å². The fraction of sp³-hybridized carbons (Fsp3) is 0.462. The molecule has 112 valence electrons. The smallest absolute Gasteiger partial charge is 0.189 e. The first-order chi connectivity index (χ1) is 9.33. The quantitative estimate of drug-likeness (QED) is 0.154. The van der Waals surface area contributed by atoms with Crippen molar-refractivity contribution >= 4 is 25.5 Å². The van der Waals surface area contributed by atoms with E-state index in [4.69, 9.17) is 32.0 Å². The van der Waals surface area contributed by atoms with Crippen LogP contribution >= 0.6 is 11.6 Å². The number of benzene rings is 1. The van der Waals surface area contributed by atoms with Gasteiger partial charge in [0, 0.05) is 20.2 Å². The van der Waals surface area contributed by atoms with Gasteiger partial charge in [0.25, 0.3) is 0 Å². The summed E-state index contributed by atoms with van der Waals surface area (Å²) in [7, 11) is -1.07. The number of ether oxygens (including phenoxy) is 2. The molecule has 0 aromatic heterocycles. The number of rotatable bonds is 7. The Kier molecular flexibility index (Phi) is 6.32. The Morgan fingerprint density at radius 2 is 2.10 bits per heavy atom. The molecule has 0 heterocycles. The summed E-state index contributed by atoms with van der Waals surface area (Å²) in [5.74, 6) is 0.547. The van der Waals surface area contributed by atoms with Crippen molar-refractivity contribution in [2.45, 2.75) is 25.7 Å². The van der Waals surface area contributed by atoms with Crippen molar-refractivity contribution in [1.82, 2.24) is 0 Å². The zero-order chi connectivity index (χ0) is 15.2. The predicted octanol–water partition coefficient (Wildman–Crippen LogP) is 3.13. The van der Waals surface area contributed by atoms with E-state index in [1.54, 1.807) is 18.2 Å². The summed E-state index contributed by atoms with van der Waals surface area (Å²) in [5.41, 5.74) is 5.94. The number of nitrogens with two attached hydrogens (primary N) is 1. The molecule has 3 N–H and O–H groups in total. The summed E-state index contributed by atoms with van der Waals surface area (Å²) >= 11 is 6.02. The maximum absolute atomic E-state index is 8.60. The van der Waals surface area contributed by atoms with E-state index in [1.807, 2.05) is 0 Å². The molecule has 0 aliphatic rings. The summed E-state index contributed by atoms with van der Waals surface area (Å²) in [5, 5.41) is 11.9. The minimum absolute atomic E-state index is 0.0343. The third-order valence-electron chi connectivity index (χ3n) is 2.63. The molecule has 7 heteroatoms. The summed E-state index contributed by atoms with van der Waals surface area (Å²) in [6, 6.07) is 6.03. The number of nitrogens with zero attached hydrogens (tertiary/aromatic N) is 1. The predicted molar refractivity (Wildman–Crippen MR) is 83.6 cm³/mol. The fourth-order valence-corrected chi connectivity index (χ4v) is 2.42. The average molecular weight is 317 g/mol. The molecule has 0 fully saturated rings. The molecule has 1 rings (SSSR count). The van der Waals surface area contributed by atoms with Gasteiger partial charge in [0.2, 0.25) is 0 Å². The minimum atomic E-state index is -1.07. The van der Waals surface area contributed by atoms with Crippen molar-refractivity contribution in [3.05, 3.63) is 28.8 Å². The molecule has 0 saturated carbocycles. The normalized spacial score (nSPS) is 12.5. The van der Waals surface area contributed by atoms with E-state index in [0.29, 0.717) is 22.9 Å². The van der Waals surface area contributed by atoms with Crippen molar-refractivity contribution in [2.24, 2.45) is 10.9 Å². The van der Waals surface area contributed by atoms with E-state index in [2.05, 4.69) is 24.8 Å². The van der Waals surface area contributed by atoms with Crippen molar-refractivity contribution in [3.8, 4) is 5.75 Å². The Hall–Kier alpha value is -1.24. The number of amidine groups is 1. The molecule has 0 unspecified atom stereocenters. The van der Waals surface area contributed by atoms with Crippen LogP contribution in [0.25, 0.3) is 0 Å². The summed E-state index contributed by atoms with van der Waals surface area (Å²) < 4.78 is 10.9. The Balaban J connectivity index is 2.44. The molecule has 0 aliphatic heterocycles. The lowest BCUT2D eigenvalue weighted by molar-refractivity contribution is 0.0220. The lowest BCUT2D eigenvalue weighted by Crippen LogP contribution is -2.22. The van der Waals surface area contributed by atoms with Gasteiger partial charge in [-0.3, -0.25) is 0 Å². The monoisotopic (exact) mass is 316 g/mol. The van der Waals surface area contributed by atoms with E-state index in [9.17, 15) is 0 Å². The van der Waals surface area contributed by atoms with Gasteiger partial charge in [-0.15, -0.1) is 0 Å². The van der Waals surface area contributed by atoms with Crippen LogP contribution in [0.2, 0.25) is 30.7 Å². The molecule has 0 radical (unpaired) electrons. The topological polar surface area (TPSA) is 77.1 Å². The van der Waals surface area contributed by atoms with Gasteiger partial charge in [-0.25, -0.2) is 0 Å². The third kappa shape index (κ3) is 5.81. The first kappa shape index (κ1) is 16.8. The lowest BCUT2D eigenvalue weighted by atomic mass is 10.2. The Morgan fingerprint density at radius 1 is 1.40 bits per heavy atom. The van der Waals surface area contributed by atoms with Gasteiger partial charge in [0.05, 0.1) is 5.02 Å². The van der Waals surface area contributed by atoms with Crippen LogP contribution in [-0.4, -0.2) is 32.5 Å². The SMILES string of the molecule is C[Si](C)(C)CCOCOc1ccc(/C(N)=N/O)c(Cl)c1. The largest absolute Gasteiger partial charge is 0.468 e. The summed E-state index contributed by atoms with van der Waals surface area (Å²) in [6.45, 7) is 7.77. The maximum atomic E-state index is 8.60. The van der Waals surface area contributed by atoms with Crippen LogP contribution in [0.15, 0.2) is 23.4 Å². The highest BCUT2D eigenvalue weighted by atomic mass is 35.5. The van der Waals surface area contributed by atoms with Crippen molar-refractivity contribution in [2.75, 3.05) is 13.4 Å². The number of oxime groups is 1. The molecule has 0 amide bonds.